The Morgan fingerprint density at radius 3 is 1.70 bits per heavy atom. The van der Waals surface area contributed by atoms with Crippen molar-refractivity contribution in [2.75, 3.05) is 106 Å². The van der Waals surface area contributed by atoms with Crippen LogP contribution in [0.5, 0.6) is 0 Å². The fourth-order valence-electron chi connectivity index (χ4n) is 4.50. The minimum Gasteiger partial charge on any atom is -0.512 e. The van der Waals surface area contributed by atoms with Gasteiger partial charge in [0.1, 0.15) is 12.3 Å². The van der Waals surface area contributed by atoms with Crippen molar-refractivity contribution in [3.05, 3.63) is 12.3 Å². The Morgan fingerprint density at radius 2 is 1.28 bits per heavy atom. The first-order valence-corrected chi connectivity index (χ1v) is 18.9. The van der Waals surface area contributed by atoms with Gasteiger partial charge in [-0.2, -0.15) is 0 Å². The maximum absolute atomic E-state index is 11.7. The summed E-state index contributed by atoms with van der Waals surface area (Å²) in [7, 11) is 5.93. The van der Waals surface area contributed by atoms with E-state index in [1.807, 2.05) is 30.6 Å². The molecule has 0 saturated heterocycles. The zero-order valence-corrected chi connectivity index (χ0v) is 34.0. The number of ether oxygens (including phenoxy) is 3. The third kappa shape index (κ3) is 43.5. The van der Waals surface area contributed by atoms with Gasteiger partial charge in [-0.1, -0.05) is 54.0 Å². The number of carboxylic acid groups (broad SMARTS) is 2. The number of nitrogens with zero attached hydrogens (tertiary/aromatic N) is 3. The Morgan fingerprint density at radius 1 is 0.759 bits per heavy atom. The highest BCUT2D eigenvalue weighted by Crippen LogP contribution is 2.11. The number of carbonyl (C=O) groups excluding carboxylic acids is 3. The molecule has 2 radical (unpaired) electrons. The molecule has 54 heavy (non-hydrogen) atoms. The fourth-order valence-corrected chi connectivity index (χ4v) is 4.50. The number of carbonyl (C=O) groups is 5. The van der Waals surface area contributed by atoms with Crippen molar-refractivity contribution in [1.29, 1.82) is 0 Å². The second-order valence-electron chi connectivity index (χ2n) is 12.2. The van der Waals surface area contributed by atoms with E-state index in [0.717, 1.165) is 45.6 Å². The van der Waals surface area contributed by atoms with Gasteiger partial charge in [-0.15, -0.1) is 0 Å². The summed E-state index contributed by atoms with van der Waals surface area (Å²) >= 11 is 0. The summed E-state index contributed by atoms with van der Waals surface area (Å²) in [5.41, 5.74) is -0.372. The Hall–Kier alpha value is -2.93. The summed E-state index contributed by atoms with van der Waals surface area (Å²) in [5, 5.41) is 38.1. The van der Waals surface area contributed by atoms with Gasteiger partial charge >= 0.3 is 11.9 Å². The van der Waals surface area contributed by atoms with E-state index in [4.69, 9.17) is 27.2 Å². The van der Waals surface area contributed by atoms with Crippen LogP contribution in [0.15, 0.2) is 12.3 Å². The molecule has 0 rings (SSSR count). The SMILES string of the molecule is C=C(O)CN(CCC(C)CC)CCN(CCN(CCC)C(CCC)C(=O)O)CC(=O)O.CCC=O.CO.[B]C(=O)CCOCCOCCOCCNC=O. The third-order valence-corrected chi connectivity index (χ3v) is 7.51. The normalized spacial score (nSPS) is 11.6. The number of hydrogen-bond acceptors (Lipinski definition) is 13. The number of amides is 1. The Balaban J connectivity index is -0.000000454. The van der Waals surface area contributed by atoms with E-state index in [1.165, 1.54) is 0 Å². The molecule has 0 aliphatic carbocycles. The van der Waals surface area contributed by atoms with Gasteiger partial charge in [0.25, 0.3) is 0 Å². The molecule has 17 heteroatoms. The lowest BCUT2D eigenvalue weighted by Gasteiger charge is -2.32. The average Bonchev–Trinajstić information content (AvgIpc) is 3.14. The first kappa shape index (κ1) is 57.8. The molecule has 0 spiro atoms. The van der Waals surface area contributed by atoms with Crippen LogP contribution in [0, 0.1) is 5.92 Å². The molecule has 0 fully saturated rings. The van der Waals surface area contributed by atoms with Crippen LogP contribution < -0.4 is 5.32 Å². The number of nitrogens with one attached hydrogen (secondary N) is 1. The molecule has 0 aliphatic rings. The van der Waals surface area contributed by atoms with Crippen LogP contribution in [0.25, 0.3) is 0 Å². The van der Waals surface area contributed by atoms with Gasteiger partial charge in [-0.05, 0) is 38.3 Å². The predicted molar refractivity (Wildman–Crippen MR) is 211 cm³/mol. The van der Waals surface area contributed by atoms with Gasteiger partial charge in [0, 0.05) is 52.7 Å². The highest BCUT2D eigenvalue weighted by atomic mass is 16.5. The molecule has 316 valence electrons. The van der Waals surface area contributed by atoms with Crippen molar-refractivity contribution in [3.8, 4) is 0 Å². The van der Waals surface area contributed by atoms with Crippen LogP contribution in [0.4, 0.5) is 0 Å². The maximum atomic E-state index is 11.7. The predicted octanol–water partition coefficient (Wildman–Crippen LogP) is 2.22. The molecular weight excluding hydrogens is 703 g/mol. The topological polar surface area (TPSA) is 216 Å². The lowest BCUT2D eigenvalue weighted by atomic mass is 10.0. The van der Waals surface area contributed by atoms with E-state index in [0.29, 0.717) is 111 Å². The highest BCUT2D eigenvalue weighted by molar-refractivity contribution is 6.57. The molecule has 0 aromatic heterocycles. The highest BCUT2D eigenvalue weighted by Gasteiger charge is 2.25. The Bertz CT molecular complexity index is 920. The molecular formula is C37H73BN4O12. The summed E-state index contributed by atoms with van der Waals surface area (Å²) in [4.78, 5) is 58.4. The smallest absolute Gasteiger partial charge is 0.320 e. The fraction of sp³-hybridized carbons (Fsp3) is 0.811. The molecule has 16 nitrogen and oxygen atoms in total. The molecule has 0 heterocycles. The Labute approximate surface area is 326 Å². The second-order valence-corrected chi connectivity index (χ2v) is 12.2. The molecule has 0 aliphatic heterocycles. The van der Waals surface area contributed by atoms with Gasteiger partial charge < -0.3 is 49.5 Å². The average molecular weight is 777 g/mol. The summed E-state index contributed by atoms with van der Waals surface area (Å²) in [6.45, 7) is 20.8. The summed E-state index contributed by atoms with van der Waals surface area (Å²) < 4.78 is 15.4. The largest absolute Gasteiger partial charge is 0.512 e. The van der Waals surface area contributed by atoms with E-state index >= 15 is 0 Å². The van der Waals surface area contributed by atoms with E-state index in [-0.39, 0.29) is 24.4 Å². The zero-order valence-electron chi connectivity index (χ0n) is 34.0. The van der Waals surface area contributed by atoms with Gasteiger partial charge in [0.15, 0.2) is 7.85 Å². The molecule has 0 aromatic rings. The number of aliphatic hydroxyl groups excluding tert-OH is 2. The van der Waals surface area contributed by atoms with Crippen LogP contribution in [0.2, 0.25) is 0 Å². The van der Waals surface area contributed by atoms with E-state index in [2.05, 4.69) is 30.6 Å². The van der Waals surface area contributed by atoms with Crippen molar-refractivity contribution in [3.63, 3.8) is 0 Å². The molecule has 2 unspecified atom stereocenters. The lowest BCUT2D eigenvalue weighted by molar-refractivity contribution is -0.144. The van der Waals surface area contributed by atoms with Crippen LogP contribution in [0.1, 0.15) is 79.6 Å². The number of rotatable bonds is 34. The number of carboxylic acids is 2. The molecule has 0 saturated carbocycles. The number of hydrogen-bond donors (Lipinski definition) is 5. The van der Waals surface area contributed by atoms with Crippen molar-refractivity contribution >= 4 is 38.2 Å². The molecule has 5 N–H and O–H groups in total. The van der Waals surface area contributed by atoms with Crippen molar-refractivity contribution in [2.45, 2.75) is 85.6 Å². The summed E-state index contributed by atoms with van der Waals surface area (Å²) in [5.74, 6) is -1.04. The van der Waals surface area contributed by atoms with Gasteiger partial charge in [-0.3, -0.25) is 29.1 Å². The standard InChI is InChI=1S/C23H45N3O5.C10H18BNO5.C3H6O.CH4O/c1-6-9-21(23(30)31)26(11-7-2)16-15-25(18-22(28)29)14-13-24(17-20(5)27)12-10-19(4)8-3;11-10(14)1-3-15-5-7-17-8-6-16-4-2-12-9-13;1-2-3-4;1-2/h19,21,27H,5-18H2,1-4H3,(H,28,29)(H,30,31);9H,1-8H2,(H,12,13);3H,2H2,1H3;2H,1H3. The van der Waals surface area contributed by atoms with Crippen LogP contribution in [0.3, 0.4) is 0 Å². The lowest BCUT2D eigenvalue weighted by Crippen LogP contribution is -2.47. The van der Waals surface area contributed by atoms with Crippen molar-refractivity contribution in [2.24, 2.45) is 5.92 Å². The van der Waals surface area contributed by atoms with Crippen LogP contribution in [-0.2, 0) is 38.2 Å². The van der Waals surface area contributed by atoms with E-state index in [9.17, 15) is 39.3 Å². The molecule has 1 amide bonds. The zero-order chi connectivity index (χ0) is 42.0. The van der Waals surface area contributed by atoms with Crippen LogP contribution >= 0.6 is 0 Å². The number of aliphatic carboxylic acids is 2. The third-order valence-electron chi connectivity index (χ3n) is 7.51. The van der Waals surface area contributed by atoms with Crippen LogP contribution in [-0.4, -0.2) is 185 Å². The van der Waals surface area contributed by atoms with E-state index in [1.54, 1.807) is 0 Å². The summed E-state index contributed by atoms with van der Waals surface area (Å²) in [6.07, 6.45) is 6.67. The first-order valence-electron chi connectivity index (χ1n) is 18.9. The van der Waals surface area contributed by atoms with Crippen molar-refractivity contribution < 1.29 is 58.6 Å². The van der Waals surface area contributed by atoms with E-state index < -0.39 is 18.0 Å². The summed E-state index contributed by atoms with van der Waals surface area (Å²) in [6, 6.07) is -0.540. The monoisotopic (exact) mass is 777 g/mol. The van der Waals surface area contributed by atoms with Gasteiger partial charge in [-0.25, -0.2) is 0 Å². The second kappa shape index (κ2) is 44.5. The van der Waals surface area contributed by atoms with Crippen molar-refractivity contribution in [1.82, 2.24) is 20.0 Å². The molecule has 0 bridgehead atoms. The minimum absolute atomic E-state index is 0.0925. The number of aliphatic hydroxyl groups is 2. The van der Waals surface area contributed by atoms with Gasteiger partial charge in [0.2, 0.25) is 6.41 Å². The van der Waals surface area contributed by atoms with Gasteiger partial charge in [0.05, 0.1) is 64.2 Å². The minimum atomic E-state index is -0.900. The molecule has 0 aromatic carbocycles. The first-order chi connectivity index (χ1) is 25.8. The maximum Gasteiger partial charge on any atom is 0.320 e. The number of aldehydes is 1. The molecule has 2 atom stereocenters. The quantitative estimate of drug-likeness (QED) is 0.0274. The Kier molecular flexibility index (Phi) is 47.6.